The smallest absolute Gasteiger partial charge is 0.385 e. The summed E-state index contributed by atoms with van der Waals surface area (Å²) < 4.78 is 103. The molecule has 0 aliphatic carbocycles. The van der Waals surface area contributed by atoms with Crippen molar-refractivity contribution >= 4 is 11.8 Å². The van der Waals surface area contributed by atoms with E-state index in [4.69, 9.17) is 0 Å². The zero-order chi connectivity index (χ0) is 15.6. The van der Waals surface area contributed by atoms with E-state index >= 15 is 0 Å². The van der Waals surface area contributed by atoms with Crippen LogP contribution in [0, 0.1) is 0 Å². The van der Waals surface area contributed by atoms with E-state index in [1.165, 1.54) is 0 Å². The summed E-state index contributed by atoms with van der Waals surface area (Å²) in [5.74, 6) is -23.9. The molecule has 0 N–H and O–H groups in total. The first kappa shape index (κ1) is 17.6. The summed E-state index contributed by atoms with van der Waals surface area (Å²) >= 11 is 0. The normalized spacial score (nSPS) is 13.6. The summed E-state index contributed by atoms with van der Waals surface area (Å²) in [6.07, 6.45) is -7.09. The van der Waals surface area contributed by atoms with Crippen LogP contribution in [0.2, 0.25) is 0 Å². The van der Waals surface area contributed by atoms with Gasteiger partial charge in [-0.3, -0.25) is 9.59 Å². The molecule has 0 aromatic rings. The number of ether oxygens (including phenoxy) is 1. The van der Waals surface area contributed by atoms with Crippen molar-refractivity contribution in [2.45, 2.75) is 30.6 Å². The minimum absolute atomic E-state index is 0.611. The highest BCUT2D eigenvalue weighted by Crippen LogP contribution is 2.49. The molecule has 0 unspecified atom stereocenters. The lowest BCUT2D eigenvalue weighted by Gasteiger charge is -2.31. The molecule has 19 heavy (non-hydrogen) atoms. The third-order valence-corrected chi connectivity index (χ3v) is 1.97. The van der Waals surface area contributed by atoms with Gasteiger partial charge in [0.1, 0.15) is 6.42 Å². The number of hydrogen-bond acceptors (Lipinski definition) is 3. The van der Waals surface area contributed by atoms with Crippen molar-refractivity contribution in [1.29, 1.82) is 0 Å². The number of alkyl halides is 8. The van der Waals surface area contributed by atoms with E-state index in [1.807, 2.05) is 0 Å². The monoisotopic (exact) mass is 302 g/mol. The Hall–Kier alpha value is -1.42. The van der Waals surface area contributed by atoms with Gasteiger partial charge >= 0.3 is 30.2 Å². The summed E-state index contributed by atoms with van der Waals surface area (Å²) in [5, 5.41) is 0. The number of esters is 1. The molecular formula is C8H6F8O3. The van der Waals surface area contributed by atoms with Gasteiger partial charge in [0.15, 0.2) is 0 Å². The van der Waals surface area contributed by atoms with Crippen molar-refractivity contribution < 1.29 is 49.4 Å². The van der Waals surface area contributed by atoms with E-state index in [9.17, 15) is 44.7 Å². The quantitative estimate of drug-likeness (QED) is 0.429. The van der Waals surface area contributed by atoms with Crippen molar-refractivity contribution in [2.75, 3.05) is 7.11 Å². The van der Waals surface area contributed by atoms with Crippen LogP contribution in [-0.2, 0) is 14.3 Å². The Morgan fingerprint density at radius 1 is 1.05 bits per heavy atom. The first-order valence-corrected chi connectivity index (χ1v) is 4.34. The van der Waals surface area contributed by atoms with Crippen molar-refractivity contribution in [1.82, 2.24) is 0 Å². The van der Waals surface area contributed by atoms with Gasteiger partial charge < -0.3 is 4.74 Å². The zero-order valence-corrected chi connectivity index (χ0v) is 9.03. The summed E-state index contributed by atoms with van der Waals surface area (Å²) in [5.41, 5.74) is 0. The van der Waals surface area contributed by atoms with Crippen LogP contribution in [0.3, 0.4) is 0 Å². The second-order valence-electron chi connectivity index (χ2n) is 3.25. The molecule has 0 bridgehead atoms. The van der Waals surface area contributed by atoms with Crippen molar-refractivity contribution in [3.8, 4) is 0 Å². The molecule has 0 aromatic carbocycles. The molecule has 0 aromatic heterocycles. The number of methoxy groups -OCH3 is 1. The number of halogens is 8. The van der Waals surface area contributed by atoms with Crippen LogP contribution in [0.1, 0.15) is 6.42 Å². The zero-order valence-electron chi connectivity index (χ0n) is 9.03. The van der Waals surface area contributed by atoms with E-state index in [2.05, 4.69) is 4.74 Å². The first-order chi connectivity index (χ1) is 8.32. The van der Waals surface area contributed by atoms with Crippen LogP contribution in [0.15, 0.2) is 0 Å². The van der Waals surface area contributed by atoms with Crippen LogP contribution in [0.4, 0.5) is 35.1 Å². The topological polar surface area (TPSA) is 43.4 Å². The maximum atomic E-state index is 12.8. The maximum Gasteiger partial charge on any atom is 0.385 e. The summed E-state index contributed by atoms with van der Waals surface area (Å²) in [4.78, 5) is 21.1. The van der Waals surface area contributed by atoms with Gasteiger partial charge in [-0.1, -0.05) is 0 Å². The van der Waals surface area contributed by atoms with Gasteiger partial charge in [0, 0.05) is 0 Å². The van der Waals surface area contributed by atoms with Crippen LogP contribution < -0.4 is 0 Å². The molecule has 0 aliphatic heterocycles. The molecule has 11 heteroatoms. The Labute approximate surface area is 100 Å². The molecule has 0 fully saturated rings. The predicted octanol–water partition coefficient (Wildman–Crippen LogP) is 2.29. The Morgan fingerprint density at radius 2 is 1.47 bits per heavy atom. The Morgan fingerprint density at radius 3 is 1.79 bits per heavy atom. The lowest BCUT2D eigenvalue weighted by molar-refractivity contribution is -0.327. The molecule has 0 saturated heterocycles. The van der Waals surface area contributed by atoms with Crippen LogP contribution in [0.25, 0.3) is 0 Å². The number of Topliss-reactive ketones (excluding diaryl/α,β-unsaturated/α-hetero) is 1. The predicted molar refractivity (Wildman–Crippen MR) is 42.5 cm³/mol. The molecule has 0 heterocycles. The van der Waals surface area contributed by atoms with Gasteiger partial charge in [-0.25, -0.2) is 8.78 Å². The second-order valence-corrected chi connectivity index (χ2v) is 3.25. The molecule has 0 spiro atoms. The summed E-state index contributed by atoms with van der Waals surface area (Å²) in [7, 11) is 0.611. The van der Waals surface area contributed by atoms with E-state index in [-0.39, 0.29) is 0 Å². The maximum absolute atomic E-state index is 12.8. The lowest BCUT2D eigenvalue weighted by atomic mass is 9.99. The summed E-state index contributed by atoms with van der Waals surface area (Å²) in [6.45, 7) is 0. The Bertz CT molecular complexity index is 365. The molecule has 0 aliphatic rings. The number of carbonyl (C=O) groups is 2. The highest BCUT2D eigenvalue weighted by atomic mass is 19.4. The van der Waals surface area contributed by atoms with E-state index in [0.717, 1.165) is 0 Å². The average molecular weight is 302 g/mol. The number of hydrogen-bond donors (Lipinski definition) is 0. The molecule has 0 saturated carbocycles. The molecular weight excluding hydrogens is 296 g/mol. The fourth-order valence-corrected chi connectivity index (χ4v) is 0.836. The highest BCUT2D eigenvalue weighted by molar-refractivity contribution is 6.00. The SMILES string of the molecule is COC(=O)CC(=O)C(F)(F)C(F)(F)C(F)(F)C(F)F. The molecule has 3 nitrogen and oxygen atoms in total. The van der Waals surface area contributed by atoms with E-state index in [0.29, 0.717) is 7.11 Å². The van der Waals surface area contributed by atoms with E-state index < -0.39 is 42.4 Å². The second kappa shape index (κ2) is 5.29. The standard InChI is InChI=1S/C8H6F8O3/c1-19-4(18)2-3(17)6(11,12)8(15,16)7(13,14)5(9)10/h5H,2H2,1H3. The molecule has 0 atom stereocenters. The van der Waals surface area contributed by atoms with Gasteiger partial charge in [0.25, 0.3) is 0 Å². The highest BCUT2D eigenvalue weighted by Gasteiger charge is 2.77. The van der Waals surface area contributed by atoms with Gasteiger partial charge in [-0.15, -0.1) is 0 Å². The Balaban J connectivity index is 5.39. The minimum Gasteiger partial charge on any atom is -0.469 e. The van der Waals surface area contributed by atoms with Crippen molar-refractivity contribution in [3.05, 3.63) is 0 Å². The largest absolute Gasteiger partial charge is 0.469 e. The third-order valence-electron chi connectivity index (χ3n) is 1.97. The van der Waals surface area contributed by atoms with Gasteiger partial charge in [-0.05, 0) is 0 Å². The van der Waals surface area contributed by atoms with Crippen molar-refractivity contribution in [2.24, 2.45) is 0 Å². The number of ketones is 1. The minimum atomic E-state index is -6.65. The van der Waals surface area contributed by atoms with Crippen LogP contribution in [-0.4, -0.2) is 43.1 Å². The van der Waals surface area contributed by atoms with Crippen LogP contribution >= 0.6 is 0 Å². The van der Waals surface area contributed by atoms with Crippen LogP contribution in [0.5, 0.6) is 0 Å². The van der Waals surface area contributed by atoms with Gasteiger partial charge in [0.05, 0.1) is 7.11 Å². The van der Waals surface area contributed by atoms with Gasteiger partial charge in [0.2, 0.25) is 5.78 Å². The molecule has 0 radical (unpaired) electrons. The van der Waals surface area contributed by atoms with Crippen molar-refractivity contribution in [3.63, 3.8) is 0 Å². The van der Waals surface area contributed by atoms with E-state index in [1.54, 1.807) is 0 Å². The first-order valence-electron chi connectivity index (χ1n) is 4.34. The Kier molecular flexibility index (Phi) is 4.90. The lowest BCUT2D eigenvalue weighted by Crippen LogP contribution is -2.60. The number of rotatable bonds is 6. The molecule has 0 rings (SSSR count). The average Bonchev–Trinajstić information content (AvgIpc) is 2.27. The number of carbonyl (C=O) groups excluding carboxylic acids is 2. The van der Waals surface area contributed by atoms with Gasteiger partial charge in [-0.2, -0.15) is 26.3 Å². The molecule has 112 valence electrons. The third kappa shape index (κ3) is 2.95. The summed E-state index contributed by atoms with van der Waals surface area (Å²) in [6, 6.07) is 0. The fourth-order valence-electron chi connectivity index (χ4n) is 0.836. The molecule has 0 amide bonds. The fraction of sp³-hybridized carbons (Fsp3) is 0.750.